The molecule has 0 radical (unpaired) electrons. The van der Waals surface area contributed by atoms with Crippen LogP contribution >= 0.6 is 0 Å². The van der Waals surface area contributed by atoms with Crippen LogP contribution in [0.4, 0.5) is 10.1 Å². The van der Waals surface area contributed by atoms with Gasteiger partial charge in [-0.2, -0.15) is 0 Å². The molecule has 1 unspecified atom stereocenters. The van der Waals surface area contributed by atoms with Gasteiger partial charge < -0.3 is 10.2 Å². The lowest BCUT2D eigenvalue weighted by Crippen LogP contribution is -2.36. The Morgan fingerprint density at radius 2 is 1.90 bits per heavy atom. The second-order valence-corrected chi connectivity index (χ2v) is 6.21. The van der Waals surface area contributed by atoms with Crippen LogP contribution in [0.15, 0.2) is 18.2 Å². The number of halogens is 1. The summed E-state index contributed by atoms with van der Waals surface area (Å²) in [6.45, 7) is 4.39. The van der Waals surface area contributed by atoms with Gasteiger partial charge in [0.05, 0.1) is 5.69 Å². The molecular weight excluding hydrogens is 251 g/mol. The number of nitrogens with one attached hydrogen (secondary N) is 1. The number of hydrogen-bond acceptors (Lipinski definition) is 2. The van der Waals surface area contributed by atoms with E-state index in [-0.39, 0.29) is 11.9 Å². The average molecular weight is 278 g/mol. The van der Waals surface area contributed by atoms with Crippen LogP contribution in [0.2, 0.25) is 0 Å². The first-order valence-corrected chi connectivity index (χ1v) is 7.73. The van der Waals surface area contributed by atoms with Gasteiger partial charge >= 0.3 is 0 Å². The summed E-state index contributed by atoms with van der Waals surface area (Å²) in [7, 11) is 3.96. The molecule has 0 amide bonds. The number of para-hydroxylation sites is 1. The minimum atomic E-state index is -0.106. The van der Waals surface area contributed by atoms with Crippen LogP contribution in [-0.2, 0) is 0 Å². The molecule has 1 aromatic carbocycles. The smallest absolute Gasteiger partial charge is 0.146 e. The Balaban J connectivity index is 2.26. The maximum atomic E-state index is 14.4. The molecule has 1 fully saturated rings. The highest BCUT2D eigenvalue weighted by atomic mass is 19.1. The lowest BCUT2D eigenvalue weighted by atomic mass is 9.86. The van der Waals surface area contributed by atoms with Gasteiger partial charge in [0.25, 0.3) is 0 Å². The summed E-state index contributed by atoms with van der Waals surface area (Å²) >= 11 is 0. The molecule has 1 atom stereocenters. The highest BCUT2D eigenvalue weighted by Crippen LogP contribution is 2.34. The van der Waals surface area contributed by atoms with E-state index in [0.717, 1.165) is 17.2 Å². The summed E-state index contributed by atoms with van der Waals surface area (Å²) in [5, 5.41) is 3.22. The second-order valence-electron chi connectivity index (χ2n) is 6.21. The lowest BCUT2D eigenvalue weighted by molar-refractivity contribution is 0.339. The Hall–Kier alpha value is -1.09. The fraction of sp³-hybridized carbons (Fsp3) is 0.647. The van der Waals surface area contributed by atoms with Crippen molar-refractivity contribution in [3.05, 3.63) is 29.6 Å². The third-order valence-corrected chi connectivity index (χ3v) is 4.80. The van der Waals surface area contributed by atoms with Crippen LogP contribution in [0, 0.1) is 11.7 Å². The standard InChI is InChI=1S/C17H27FN2/c1-12-8-10-14(11-9-12)20(4)17-15(13(2)19-3)6-5-7-16(17)18/h5-7,12-14,19H,8-11H2,1-4H3. The largest absolute Gasteiger partial charge is 0.369 e. The van der Waals surface area contributed by atoms with Gasteiger partial charge in [0.2, 0.25) is 0 Å². The molecule has 0 bridgehead atoms. The number of benzene rings is 1. The summed E-state index contributed by atoms with van der Waals surface area (Å²) in [5.74, 6) is 0.710. The second kappa shape index (κ2) is 6.57. The van der Waals surface area contributed by atoms with Crippen LogP contribution in [0.25, 0.3) is 0 Å². The number of hydrogen-bond donors (Lipinski definition) is 1. The van der Waals surface area contributed by atoms with Crippen molar-refractivity contribution < 1.29 is 4.39 Å². The van der Waals surface area contributed by atoms with E-state index in [9.17, 15) is 4.39 Å². The zero-order chi connectivity index (χ0) is 14.7. The van der Waals surface area contributed by atoms with Crippen molar-refractivity contribution in [1.82, 2.24) is 5.32 Å². The van der Waals surface area contributed by atoms with Crippen LogP contribution in [-0.4, -0.2) is 20.1 Å². The van der Waals surface area contributed by atoms with Crippen LogP contribution in [0.1, 0.15) is 51.1 Å². The fourth-order valence-electron chi connectivity index (χ4n) is 3.22. The third-order valence-electron chi connectivity index (χ3n) is 4.80. The van der Waals surface area contributed by atoms with E-state index in [1.54, 1.807) is 12.1 Å². The van der Waals surface area contributed by atoms with Gasteiger partial charge in [-0.15, -0.1) is 0 Å². The van der Waals surface area contributed by atoms with Crippen molar-refractivity contribution in [2.45, 2.75) is 51.6 Å². The fourth-order valence-corrected chi connectivity index (χ4v) is 3.22. The van der Waals surface area contributed by atoms with E-state index in [1.807, 2.05) is 20.2 Å². The predicted octanol–water partition coefficient (Wildman–Crippen LogP) is 4.12. The van der Waals surface area contributed by atoms with Gasteiger partial charge in [-0.3, -0.25) is 0 Å². The molecule has 0 heterocycles. The van der Waals surface area contributed by atoms with E-state index < -0.39 is 0 Å². The molecule has 0 spiro atoms. The molecule has 20 heavy (non-hydrogen) atoms. The SMILES string of the molecule is CNC(C)c1cccc(F)c1N(C)C1CCC(C)CC1. The normalized spacial score (nSPS) is 24.4. The van der Waals surface area contributed by atoms with Gasteiger partial charge in [0.15, 0.2) is 0 Å². The van der Waals surface area contributed by atoms with Crippen molar-refractivity contribution in [3.63, 3.8) is 0 Å². The van der Waals surface area contributed by atoms with E-state index in [2.05, 4.69) is 24.1 Å². The first-order valence-electron chi connectivity index (χ1n) is 7.73. The molecule has 1 aliphatic rings. The van der Waals surface area contributed by atoms with Gasteiger partial charge in [0.1, 0.15) is 5.82 Å². The monoisotopic (exact) mass is 278 g/mol. The maximum absolute atomic E-state index is 14.4. The Morgan fingerprint density at radius 3 is 2.50 bits per heavy atom. The van der Waals surface area contributed by atoms with E-state index in [1.165, 1.54) is 25.7 Å². The van der Waals surface area contributed by atoms with Crippen molar-refractivity contribution in [3.8, 4) is 0 Å². The van der Waals surface area contributed by atoms with Crippen molar-refractivity contribution in [1.29, 1.82) is 0 Å². The van der Waals surface area contributed by atoms with Gasteiger partial charge in [-0.05, 0) is 57.2 Å². The Morgan fingerprint density at radius 1 is 1.25 bits per heavy atom. The summed E-state index contributed by atoms with van der Waals surface area (Å²) < 4.78 is 14.4. The quantitative estimate of drug-likeness (QED) is 0.891. The van der Waals surface area contributed by atoms with Crippen molar-refractivity contribution >= 4 is 5.69 Å². The summed E-state index contributed by atoms with van der Waals surface area (Å²) in [4.78, 5) is 2.17. The Bertz CT molecular complexity index is 439. The topological polar surface area (TPSA) is 15.3 Å². The molecule has 1 N–H and O–H groups in total. The molecular formula is C17H27FN2. The molecule has 1 aromatic rings. The van der Waals surface area contributed by atoms with Crippen LogP contribution in [0.3, 0.4) is 0 Å². The van der Waals surface area contributed by atoms with E-state index >= 15 is 0 Å². The Labute approximate surface area is 122 Å². The zero-order valence-corrected chi connectivity index (χ0v) is 13.1. The number of rotatable bonds is 4. The molecule has 1 saturated carbocycles. The molecule has 2 rings (SSSR count). The first-order chi connectivity index (χ1) is 9.54. The minimum Gasteiger partial charge on any atom is -0.369 e. The van der Waals surface area contributed by atoms with Gasteiger partial charge in [-0.25, -0.2) is 4.39 Å². The molecule has 0 saturated heterocycles. The maximum Gasteiger partial charge on any atom is 0.146 e. The van der Waals surface area contributed by atoms with Crippen LogP contribution in [0.5, 0.6) is 0 Å². The van der Waals surface area contributed by atoms with Gasteiger partial charge in [0, 0.05) is 19.1 Å². The molecule has 3 heteroatoms. The molecule has 2 nitrogen and oxygen atoms in total. The first kappa shape index (κ1) is 15.3. The van der Waals surface area contributed by atoms with E-state index in [0.29, 0.717) is 6.04 Å². The third kappa shape index (κ3) is 3.14. The highest BCUT2D eigenvalue weighted by molar-refractivity contribution is 5.56. The molecule has 1 aliphatic carbocycles. The molecule has 0 aliphatic heterocycles. The summed E-state index contributed by atoms with van der Waals surface area (Å²) in [6, 6.07) is 6.03. The minimum absolute atomic E-state index is 0.106. The number of anilines is 1. The zero-order valence-electron chi connectivity index (χ0n) is 13.1. The summed E-state index contributed by atoms with van der Waals surface area (Å²) in [5.41, 5.74) is 1.82. The highest BCUT2D eigenvalue weighted by Gasteiger charge is 2.25. The molecule has 0 aromatic heterocycles. The average Bonchev–Trinajstić information content (AvgIpc) is 2.46. The van der Waals surface area contributed by atoms with E-state index in [4.69, 9.17) is 0 Å². The summed E-state index contributed by atoms with van der Waals surface area (Å²) in [6.07, 6.45) is 4.83. The molecule has 112 valence electrons. The van der Waals surface area contributed by atoms with Crippen molar-refractivity contribution in [2.24, 2.45) is 5.92 Å². The van der Waals surface area contributed by atoms with Crippen LogP contribution < -0.4 is 10.2 Å². The number of nitrogens with zero attached hydrogens (tertiary/aromatic N) is 1. The Kier molecular flexibility index (Phi) is 5.03. The lowest BCUT2D eigenvalue weighted by Gasteiger charge is -2.36. The van der Waals surface area contributed by atoms with Gasteiger partial charge in [-0.1, -0.05) is 19.1 Å². The predicted molar refractivity (Wildman–Crippen MR) is 83.7 cm³/mol. The van der Waals surface area contributed by atoms with Crippen molar-refractivity contribution in [2.75, 3.05) is 19.0 Å².